The molecule has 1 aromatic rings. The van der Waals surface area contributed by atoms with Crippen molar-refractivity contribution in [1.82, 2.24) is 0 Å². The van der Waals surface area contributed by atoms with Crippen LogP contribution in [0.5, 0.6) is 0 Å². The second-order valence-electron chi connectivity index (χ2n) is 11.2. The summed E-state index contributed by atoms with van der Waals surface area (Å²) in [4.78, 5) is 24.8. The van der Waals surface area contributed by atoms with Crippen LogP contribution in [0.4, 0.5) is 0 Å². The lowest BCUT2D eigenvalue weighted by atomic mass is 9.46. The Labute approximate surface area is 186 Å². The van der Waals surface area contributed by atoms with Gasteiger partial charge in [-0.05, 0) is 85.7 Å². The lowest BCUT2D eigenvalue weighted by Gasteiger charge is -2.60. The summed E-state index contributed by atoms with van der Waals surface area (Å²) >= 11 is 0. The first-order valence-electron chi connectivity index (χ1n) is 12.2. The summed E-state index contributed by atoms with van der Waals surface area (Å²) in [5.74, 6) is 2.44. The molecule has 3 heteroatoms. The van der Waals surface area contributed by atoms with E-state index in [0.29, 0.717) is 42.3 Å². The fourth-order valence-corrected chi connectivity index (χ4v) is 8.25. The van der Waals surface area contributed by atoms with Crippen LogP contribution in [0.3, 0.4) is 0 Å². The van der Waals surface area contributed by atoms with Gasteiger partial charge in [0, 0.05) is 12.3 Å². The molecule has 0 spiro atoms. The van der Waals surface area contributed by atoms with E-state index in [1.807, 2.05) is 12.1 Å². The topological polar surface area (TPSA) is 43.4 Å². The van der Waals surface area contributed by atoms with Crippen molar-refractivity contribution in [3.05, 3.63) is 47.5 Å². The van der Waals surface area contributed by atoms with E-state index in [4.69, 9.17) is 4.74 Å². The van der Waals surface area contributed by atoms with E-state index in [9.17, 15) is 9.59 Å². The van der Waals surface area contributed by atoms with E-state index >= 15 is 0 Å². The van der Waals surface area contributed by atoms with Crippen LogP contribution in [0.1, 0.15) is 71.3 Å². The molecular weight excluding hydrogens is 384 g/mol. The van der Waals surface area contributed by atoms with Gasteiger partial charge in [0.2, 0.25) is 0 Å². The molecule has 0 aromatic heterocycles. The molecule has 166 valence electrons. The highest BCUT2D eigenvalue weighted by Gasteiger charge is 2.63. The van der Waals surface area contributed by atoms with Crippen molar-refractivity contribution in [3.63, 3.8) is 0 Å². The predicted molar refractivity (Wildman–Crippen MR) is 121 cm³/mol. The number of ketones is 2. The lowest BCUT2D eigenvalue weighted by Crippen LogP contribution is -2.57. The van der Waals surface area contributed by atoms with Crippen LogP contribution < -0.4 is 0 Å². The van der Waals surface area contributed by atoms with Crippen molar-refractivity contribution < 1.29 is 14.3 Å². The Balaban J connectivity index is 1.52. The normalized spacial score (nSPS) is 41.7. The largest absolute Gasteiger partial charge is 0.373 e. The van der Waals surface area contributed by atoms with Gasteiger partial charge in [0.25, 0.3) is 0 Å². The van der Waals surface area contributed by atoms with Crippen LogP contribution in [-0.4, -0.2) is 17.7 Å². The summed E-state index contributed by atoms with van der Waals surface area (Å²) < 4.78 is 6.76. The second kappa shape index (κ2) is 7.69. The molecule has 3 fully saturated rings. The van der Waals surface area contributed by atoms with E-state index in [-0.39, 0.29) is 22.9 Å². The molecule has 4 aliphatic carbocycles. The van der Waals surface area contributed by atoms with E-state index < -0.39 is 0 Å². The molecule has 0 radical (unpaired) electrons. The molecule has 31 heavy (non-hydrogen) atoms. The van der Waals surface area contributed by atoms with Gasteiger partial charge in [-0.2, -0.15) is 0 Å². The monoisotopic (exact) mass is 420 g/mol. The number of carbonyl (C=O) groups is 2. The molecule has 3 nitrogen and oxygen atoms in total. The molecule has 4 aliphatic rings. The molecule has 0 amide bonds. The molecule has 0 saturated heterocycles. The van der Waals surface area contributed by atoms with Gasteiger partial charge in [-0.25, -0.2) is 0 Å². The van der Waals surface area contributed by atoms with Crippen LogP contribution in [0.25, 0.3) is 0 Å². The van der Waals surface area contributed by atoms with Crippen molar-refractivity contribution >= 4 is 11.6 Å². The average molecular weight is 421 g/mol. The molecule has 3 saturated carbocycles. The van der Waals surface area contributed by atoms with Crippen molar-refractivity contribution in [3.8, 4) is 0 Å². The number of ether oxygens (including phenoxy) is 1. The van der Waals surface area contributed by atoms with Crippen molar-refractivity contribution in [2.75, 3.05) is 0 Å². The number of allylic oxidation sites excluding steroid dienone is 1. The Kier molecular flexibility index (Phi) is 5.24. The van der Waals surface area contributed by atoms with Crippen LogP contribution in [0.2, 0.25) is 0 Å². The number of Topliss-reactive ketones (excluding diaryl/α,β-unsaturated/α-hetero) is 1. The molecule has 0 bridgehead atoms. The summed E-state index contributed by atoms with van der Waals surface area (Å²) in [6, 6.07) is 10.4. The minimum Gasteiger partial charge on any atom is -0.373 e. The smallest absolute Gasteiger partial charge is 0.155 e. The third kappa shape index (κ3) is 3.35. The maximum atomic E-state index is 12.6. The first-order chi connectivity index (χ1) is 14.8. The Morgan fingerprint density at radius 1 is 1.10 bits per heavy atom. The van der Waals surface area contributed by atoms with Gasteiger partial charge >= 0.3 is 0 Å². The third-order valence-corrected chi connectivity index (χ3v) is 9.67. The number of hydrogen-bond acceptors (Lipinski definition) is 3. The standard InChI is InChI=1S/C28H36O3/c1-18(29)23-11-12-24-22-10-9-20-15-21(30)13-14-27(20,2)26(22)25(16-28(23,24)3)31-17-19-7-5-4-6-8-19/h4-8,15,22-26H,9-14,16-17H2,1-3H3/t22?,23?,24?,25-,26?,27+,28-/m1/s1. The van der Waals surface area contributed by atoms with Gasteiger partial charge in [0.05, 0.1) is 12.7 Å². The maximum Gasteiger partial charge on any atom is 0.155 e. The number of rotatable bonds is 4. The van der Waals surface area contributed by atoms with Crippen LogP contribution in [-0.2, 0) is 20.9 Å². The highest BCUT2D eigenvalue weighted by molar-refractivity contribution is 5.91. The number of carbonyl (C=O) groups excluding carboxylic acids is 2. The second-order valence-corrected chi connectivity index (χ2v) is 11.2. The number of hydrogen-bond donors (Lipinski definition) is 0. The number of fused-ring (bicyclic) bond motifs is 5. The Bertz CT molecular complexity index is 902. The molecule has 0 heterocycles. The van der Waals surface area contributed by atoms with Crippen molar-refractivity contribution in [1.29, 1.82) is 0 Å². The molecule has 1 aromatic carbocycles. The van der Waals surface area contributed by atoms with Gasteiger partial charge in [0.1, 0.15) is 5.78 Å². The summed E-state index contributed by atoms with van der Waals surface area (Å²) in [5, 5.41) is 0. The Morgan fingerprint density at radius 2 is 1.87 bits per heavy atom. The average Bonchev–Trinajstić information content (AvgIpc) is 3.10. The molecule has 7 atom stereocenters. The highest BCUT2D eigenvalue weighted by atomic mass is 16.5. The van der Waals surface area contributed by atoms with E-state index in [1.165, 1.54) is 17.6 Å². The molecule has 0 N–H and O–H groups in total. The van der Waals surface area contributed by atoms with Gasteiger partial charge in [-0.1, -0.05) is 49.8 Å². The highest BCUT2D eigenvalue weighted by Crippen LogP contribution is 2.67. The Morgan fingerprint density at radius 3 is 2.61 bits per heavy atom. The predicted octanol–water partition coefficient (Wildman–Crippen LogP) is 5.92. The quantitative estimate of drug-likeness (QED) is 0.607. The van der Waals surface area contributed by atoms with Crippen molar-refractivity contribution in [2.24, 2.45) is 34.5 Å². The summed E-state index contributed by atoms with van der Waals surface area (Å²) in [6.45, 7) is 7.19. The summed E-state index contributed by atoms with van der Waals surface area (Å²) in [6.07, 6.45) is 9.04. The van der Waals surface area contributed by atoms with Crippen LogP contribution in [0, 0.1) is 34.5 Å². The van der Waals surface area contributed by atoms with Crippen LogP contribution >= 0.6 is 0 Å². The fourth-order valence-electron chi connectivity index (χ4n) is 8.25. The van der Waals surface area contributed by atoms with E-state index in [1.54, 1.807) is 6.92 Å². The molecule has 5 rings (SSSR count). The summed E-state index contributed by atoms with van der Waals surface area (Å²) in [7, 11) is 0. The SMILES string of the molecule is CC(=O)C1CCC2C3CCC4=CC(=O)CC[C@]4(C)C3[C@H](OCc3ccccc3)C[C@]12C. The zero-order chi connectivity index (χ0) is 21.8. The van der Waals surface area contributed by atoms with E-state index in [0.717, 1.165) is 32.1 Å². The fraction of sp³-hybridized carbons (Fsp3) is 0.643. The zero-order valence-electron chi connectivity index (χ0n) is 19.2. The van der Waals surface area contributed by atoms with Gasteiger partial charge in [-0.15, -0.1) is 0 Å². The minimum atomic E-state index is 0.0381. The molecule has 4 unspecified atom stereocenters. The van der Waals surface area contributed by atoms with Crippen LogP contribution in [0.15, 0.2) is 42.0 Å². The third-order valence-electron chi connectivity index (χ3n) is 9.67. The van der Waals surface area contributed by atoms with Gasteiger partial charge in [-0.3, -0.25) is 9.59 Å². The maximum absolute atomic E-state index is 12.6. The lowest BCUT2D eigenvalue weighted by molar-refractivity contribution is -0.161. The van der Waals surface area contributed by atoms with E-state index in [2.05, 4.69) is 38.1 Å². The zero-order valence-corrected chi connectivity index (χ0v) is 19.2. The minimum absolute atomic E-state index is 0.0381. The first kappa shape index (κ1) is 21.1. The first-order valence-corrected chi connectivity index (χ1v) is 12.2. The summed E-state index contributed by atoms with van der Waals surface area (Å²) in [5.41, 5.74) is 2.66. The van der Waals surface area contributed by atoms with Gasteiger partial charge < -0.3 is 4.74 Å². The number of benzene rings is 1. The van der Waals surface area contributed by atoms with Crippen molar-refractivity contribution in [2.45, 2.75) is 78.4 Å². The molecular formula is C28H36O3. The van der Waals surface area contributed by atoms with Gasteiger partial charge in [0.15, 0.2) is 5.78 Å². The Hall–Kier alpha value is -1.74. The molecule has 0 aliphatic heterocycles.